The molecule has 1 heterocycles. The highest BCUT2D eigenvalue weighted by Gasteiger charge is 2.11. The van der Waals surface area contributed by atoms with Crippen LogP contribution in [-0.2, 0) is 11.3 Å². The SMILES string of the molecule is COCc1nc(N)cc(SC(C)C(C)C)n1. The molecule has 16 heavy (non-hydrogen) atoms. The van der Waals surface area contributed by atoms with Gasteiger partial charge in [0.25, 0.3) is 0 Å². The topological polar surface area (TPSA) is 61.0 Å². The highest BCUT2D eigenvalue weighted by molar-refractivity contribution is 7.99. The molecular weight excluding hydrogens is 222 g/mol. The summed E-state index contributed by atoms with van der Waals surface area (Å²) < 4.78 is 5.00. The van der Waals surface area contributed by atoms with Crippen LogP contribution < -0.4 is 5.73 Å². The second kappa shape index (κ2) is 6.06. The van der Waals surface area contributed by atoms with Crippen LogP contribution in [0.15, 0.2) is 11.1 Å². The number of thioether (sulfide) groups is 1. The largest absolute Gasteiger partial charge is 0.384 e. The van der Waals surface area contributed by atoms with Crippen LogP contribution in [0.4, 0.5) is 5.82 Å². The van der Waals surface area contributed by atoms with Crippen LogP contribution in [0.25, 0.3) is 0 Å². The quantitative estimate of drug-likeness (QED) is 0.633. The van der Waals surface area contributed by atoms with Crippen LogP contribution >= 0.6 is 11.8 Å². The van der Waals surface area contributed by atoms with E-state index in [0.717, 1.165) is 5.03 Å². The zero-order valence-electron chi connectivity index (χ0n) is 10.2. The van der Waals surface area contributed by atoms with Crippen LogP contribution in [0.5, 0.6) is 0 Å². The minimum Gasteiger partial charge on any atom is -0.384 e. The summed E-state index contributed by atoms with van der Waals surface area (Å²) in [5, 5.41) is 1.42. The Morgan fingerprint density at radius 1 is 1.38 bits per heavy atom. The lowest BCUT2D eigenvalue weighted by atomic mass is 10.2. The van der Waals surface area contributed by atoms with Gasteiger partial charge in [-0.2, -0.15) is 0 Å². The van der Waals surface area contributed by atoms with Crippen molar-refractivity contribution in [2.45, 2.75) is 37.7 Å². The fourth-order valence-corrected chi connectivity index (χ4v) is 2.07. The average molecular weight is 241 g/mol. The monoisotopic (exact) mass is 241 g/mol. The summed E-state index contributed by atoms with van der Waals surface area (Å²) in [7, 11) is 1.62. The molecule has 2 N–H and O–H groups in total. The number of hydrogen-bond acceptors (Lipinski definition) is 5. The smallest absolute Gasteiger partial charge is 0.157 e. The number of rotatable bonds is 5. The summed E-state index contributed by atoms with van der Waals surface area (Å²) in [6.45, 7) is 6.97. The number of methoxy groups -OCH3 is 1. The predicted octanol–water partition coefficient (Wildman–Crippen LogP) is 2.34. The van der Waals surface area contributed by atoms with E-state index in [1.807, 2.05) is 6.07 Å². The minimum atomic E-state index is 0.397. The number of hydrogen-bond donors (Lipinski definition) is 1. The Morgan fingerprint density at radius 3 is 2.62 bits per heavy atom. The van der Waals surface area contributed by atoms with Crippen molar-refractivity contribution in [2.24, 2.45) is 5.92 Å². The van der Waals surface area contributed by atoms with Gasteiger partial charge in [-0.25, -0.2) is 9.97 Å². The zero-order chi connectivity index (χ0) is 12.1. The highest BCUT2D eigenvalue weighted by atomic mass is 32.2. The molecule has 1 atom stereocenters. The number of nitrogens with two attached hydrogens (primary N) is 1. The number of nitrogen functional groups attached to an aromatic ring is 1. The first-order chi connectivity index (χ1) is 7.52. The van der Waals surface area contributed by atoms with Gasteiger partial charge in [0.1, 0.15) is 17.5 Å². The van der Waals surface area contributed by atoms with Gasteiger partial charge in [-0.1, -0.05) is 20.8 Å². The van der Waals surface area contributed by atoms with Crippen molar-refractivity contribution in [1.29, 1.82) is 0 Å². The van der Waals surface area contributed by atoms with Gasteiger partial charge in [0.2, 0.25) is 0 Å². The summed E-state index contributed by atoms with van der Waals surface area (Å²) in [5.74, 6) is 1.74. The number of anilines is 1. The van der Waals surface area contributed by atoms with Gasteiger partial charge in [-0.05, 0) is 5.92 Å². The van der Waals surface area contributed by atoms with Crippen LogP contribution in [0, 0.1) is 5.92 Å². The summed E-state index contributed by atoms with van der Waals surface area (Å²) in [6.07, 6.45) is 0. The summed E-state index contributed by atoms with van der Waals surface area (Å²) >= 11 is 1.72. The van der Waals surface area contributed by atoms with Crippen molar-refractivity contribution in [1.82, 2.24) is 9.97 Å². The molecule has 1 aromatic rings. The van der Waals surface area contributed by atoms with E-state index in [4.69, 9.17) is 10.5 Å². The minimum absolute atomic E-state index is 0.397. The van der Waals surface area contributed by atoms with E-state index < -0.39 is 0 Å². The van der Waals surface area contributed by atoms with E-state index in [0.29, 0.717) is 29.4 Å². The second-order valence-corrected chi connectivity index (χ2v) is 5.44. The van der Waals surface area contributed by atoms with Crippen molar-refractivity contribution >= 4 is 17.6 Å². The van der Waals surface area contributed by atoms with Crippen LogP contribution in [0.2, 0.25) is 0 Å². The third-order valence-corrected chi connectivity index (χ3v) is 3.65. The molecule has 1 unspecified atom stereocenters. The molecule has 0 aliphatic carbocycles. The first-order valence-electron chi connectivity index (χ1n) is 5.32. The Kier molecular flexibility index (Phi) is 5.02. The number of ether oxygens (including phenoxy) is 1. The molecule has 0 fully saturated rings. The molecule has 1 aromatic heterocycles. The Labute approximate surface area is 101 Å². The van der Waals surface area contributed by atoms with Gasteiger partial charge in [-0.15, -0.1) is 11.8 Å². The first-order valence-corrected chi connectivity index (χ1v) is 6.20. The van der Waals surface area contributed by atoms with E-state index >= 15 is 0 Å². The van der Waals surface area contributed by atoms with Crippen LogP contribution in [0.1, 0.15) is 26.6 Å². The standard InChI is InChI=1S/C11H19N3OS/c1-7(2)8(3)16-11-5-9(12)13-10(14-11)6-15-4/h5,7-8H,6H2,1-4H3,(H2,12,13,14). The highest BCUT2D eigenvalue weighted by Crippen LogP contribution is 2.27. The molecule has 0 bridgehead atoms. The van der Waals surface area contributed by atoms with Crippen LogP contribution in [-0.4, -0.2) is 22.3 Å². The molecule has 0 radical (unpaired) electrons. The van der Waals surface area contributed by atoms with Gasteiger partial charge >= 0.3 is 0 Å². The van der Waals surface area contributed by atoms with Crippen molar-refractivity contribution < 1.29 is 4.74 Å². The predicted molar refractivity (Wildman–Crippen MR) is 67.3 cm³/mol. The van der Waals surface area contributed by atoms with Crippen LogP contribution in [0.3, 0.4) is 0 Å². The number of aromatic nitrogens is 2. The molecule has 0 aliphatic rings. The number of nitrogens with zero attached hydrogens (tertiary/aromatic N) is 2. The summed E-state index contributed by atoms with van der Waals surface area (Å²) in [4.78, 5) is 8.50. The normalized spacial score (nSPS) is 13.1. The third-order valence-electron chi connectivity index (χ3n) is 2.29. The zero-order valence-corrected chi connectivity index (χ0v) is 11.0. The molecule has 0 aromatic carbocycles. The Bertz CT molecular complexity index is 344. The van der Waals surface area contributed by atoms with E-state index in [2.05, 4.69) is 30.7 Å². The lowest BCUT2D eigenvalue weighted by Crippen LogP contribution is -2.08. The van der Waals surface area contributed by atoms with Gasteiger partial charge in [0.15, 0.2) is 5.82 Å². The molecule has 0 aliphatic heterocycles. The van der Waals surface area contributed by atoms with Gasteiger partial charge in [0.05, 0.1) is 0 Å². The molecule has 5 heteroatoms. The summed E-state index contributed by atoms with van der Waals surface area (Å²) in [6, 6.07) is 1.81. The maximum Gasteiger partial charge on any atom is 0.157 e. The Hall–Kier alpha value is -0.810. The molecule has 4 nitrogen and oxygen atoms in total. The molecule has 1 rings (SSSR count). The van der Waals surface area contributed by atoms with E-state index in [-0.39, 0.29) is 0 Å². The Balaban J connectivity index is 2.79. The maximum absolute atomic E-state index is 5.72. The van der Waals surface area contributed by atoms with Crippen molar-refractivity contribution in [3.63, 3.8) is 0 Å². The maximum atomic E-state index is 5.72. The lowest BCUT2D eigenvalue weighted by molar-refractivity contribution is 0.177. The molecular formula is C11H19N3OS. The fourth-order valence-electron chi connectivity index (χ4n) is 1.07. The van der Waals surface area contributed by atoms with E-state index in [9.17, 15) is 0 Å². The van der Waals surface area contributed by atoms with Crippen molar-refractivity contribution in [2.75, 3.05) is 12.8 Å². The lowest BCUT2D eigenvalue weighted by Gasteiger charge is -2.14. The third kappa shape index (κ3) is 3.98. The van der Waals surface area contributed by atoms with Gasteiger partial charge in [-0.3, -0.25) is 0 Å². The van der Waals surface area contributed by atoms with Crippen molar-refractivity contribution in [3.8, 4) is 0 Å². The van der Waals surface area contributed by atoms with Gasteiger partial charge < -0.3 is 10.5 Å². The molecule has 0 spiro atoms. The summed E-state index contributed by atoms with van der Waals surface area (Å²) in [5.41, 5.74) is 5.72. The second-order valence-electron chi connectivity index (χ2n) is 4.05. The fraction of sp³-hybridized carbons (Fsp3) is 0.636. The van der Waals surface area contributed by atoms with E-state index in [1.165, 1.54) is 0 Å². The average Bonchev–Trinajstić information content (AvgIpc) is 2.16. The Morgan fingerprint density at radius 2 is 2.06 bits per heavy atom. The first kappa shape index (κ1) is 13.3. The van der Waals surface area contributed by atoms with Gasteiger partial charge in [0, 0.05) is 18.4 Å². The molecule has 0 saturated heterocycles. The van der Waals surface area contributed by atoms with E-state index in [1.54, 1.807) is 18.9 Å². The van der Waals surface area contributed by atoms with Crippen molar-refractivity contribution in [3.05, 3.63) is 11.9 Å². The molecule has 0 amide bonds. The molecule has 0 saturated carbocycles. The molecule has 90 valence electrons.